The third kappa shape index (κ3) is 5.41. The van der Waals surface area contributed by atoms with Crippen LogP contribution in [0.1, 0.15) is 13.8 Å². The number of rotatable bonds is 4. The zero-order chi connectivity index (χ0) is 9.40. The second kappa shape index (κ2) is 6.34. The van der Waals surface area contributed by atoms with E-state index in [2.05, 4.69) is 11.6 Å². The number of carbonyl (C=O) groups is 1. The minimum Gasteiger partial charge on any atom is -0.459 e. The smallest absolute Gasteiger partial charge is 0.303 e. The van der Waals surface area contributed by atoms with Crippen LogP contribution in [0.25, 0.3) is 0 Å². The molecule has 0 fully saturated rings. The molecular formula is C9H13NO2. The van der Waals surface area contributed by atoms with E-state index in [1.54, 1.807) is 25.3 Å². The van der Waals surface area contributed by atoms with Gasteiger partial charge in [0, 0.05) is 13.1 Å². The van der Waals surface area contributed by atoms with Crippen LogP contribution in [-0.2, 0) is 9.53 Å². The highest BCUT2D eigenvalue weighted by Crippen LogP contribution is 1.97. The van der Waals surface area contributed by atoms with Crippen LogP contribution in [0.2, 0.25) is 0 Å². The summed E-state index contributed by atoms with van der Waals surface area (Å²) in [5, 5.41) is 0. The summed E-state index contributed by atoms with van der Waals surface area (Å²) in [7, 11) is 0. The van der Waals surface area contributed by atoms with E-state index in [4.69, 9.17) is 4.74 Å². The van der Waals surface area contributed by atoms with Crippen molar-refractivity contribution in [3.05, 3.63) is 24.4 Å². The normalized spacial score (nSPS) is 11.7. The van der Waals surface area contributed by atoms with Gasteiger partial charge >= 0.3 is 5.97 Å². The Balaban J connectivity index is 4.05. The molecule has 0 aliphatic heterocycles. The number of nitrogens with zero attached hydrogens (tertiary/aromatic N) is 1. The largest absolute Gasteiger partial charge is 0.459 e. The SMILES string of the molecule is C=C/C=C(/COC(C)=O)N=CC. The van der Waals surface area contributed by atoms with E-state index in [0.29, 0.717) is 5.70 Å². The first-order chi connectivity index (χ1) is 5.70. The van der Waals surface area contributed by atoms with Crippen molar-refractivity contribution in [1.82, 2.24) is 0 Å². The van der Waals surface area contributed by atoms with Crippen molar-refractivity contribution in [1.29, 1.82) is 0 Å². The van der Waals surface area contributed by atoms with E-state index in [1.807, 2.05) is 0 Å². The second-order valence-corrected chi connectivity index (χ2v) is 2.06. The van der Waals surface area contributed by atoms with Crippen LogP contribution in [0.5, 0.6) is 0 Å². The molecule has 3 nitrogen and oxygen atoms in total. The quantitative estimate of drug-likeness (QED) is 0.363. The van der Waals surface area contributed by atoms with Gasteiger partial charge in [0.2, 0.25) is 0 Å². The molecule has 0 aromatic carbocycles. The average molecular weight is 167 g/mol. The van der Waals surface area contributed by atoms with Crippen LogP contribution < -0.4 is 0 Å². The number of ether oxygens (including phenoxy) is 1. The lowest BCUT2D eigenvalue weighted by Crippen LogP contribution is -2.01. The highest BCUT2D eigenvalue weighted by molar-refractivity contribution is 5.66. The minimum absolute atomic E-state index is 0.200. The van der Waals surface area contributed by atoms with Crippen molar-refractivity contribution in [2.75, 3.05) is 6.61 Å². The van der Waals surface area contributed by atoms with Gasteiger partial charge in [-0.2, -0.15) is 0 Å². The Morgan fingerprint density at radius 1 is 1.67 bits per heavy atom. The first-order valence-electron chi connectivity index (χ1n) is 3.64. The summed E-state index contributed by atoms with van der Waals surface area (Å²) < 4.78 is 4.74. The van der Waals surface area contributed by atoms with Crippen LogP contribution in [0.3, 0.4) is 0 Å². The van der Waals surface area contributed by atoms with Gasteiger partial charge < -0.3 is 4.74 Å². The summed E-state index contributed by atoms with van der Waals surface area (Å²) in [6, 6.07) is 0. The van der Waals surface area contributed by atoms with E-state index >= 15 is 0 Å². The molecule has 0 N–H and O–H groups in total. The summed E-state index contributed by atoms with van der Waals surface area (Å²) >= 11 is 0. The fourth-order valence-corrected chi connectivity index (χ4v) is 0.606. The Morgan fingerprint density at radius 2 is 2.33 bits per heavy atom. The van der Waals surface area contributed by atoms with Gasteiger partial charge in [-0.25, -0.2) is 0 Å². The van der Waals surface area contributed by atoms with Crippen LogP contribution in [0.15, 0.2) is 29.4 Å². The zero-order valence-corrected chi connectivity index (χ0v) is 7.41. The molecule has 0 unspecified atom stereocenters. The van der Waals surface area contributed by atoms with Crippen molar-refractivity contribution in [3.63, 3.8) is 0 Å². The topological polar surface area (TPSA) is 38.7 Å². The van der Waals surface area contributed by atoms with Gasteiger partial charge in [-0.1, -0.05) is 12.7 Å². The summed E-state index contributed by atoms with van der Waals surface area (Å²) in [6.07, 6.45) is 4.94. The fourth-order valence-electron chi connectivity index (χ4n) is 0.606. The molecule has 0 heterocycles. The number of aliphatic imine (C=N–C) groups is 1. The molecule has 0 saturated carbocycles. The predicted molar refractivity (Wildman–Crippen MR) is 49.1 cm³/mol. The van der Waals surface area contributed by atoms with Crippen LogP contribution in [0, 0.1) is 0 Å². The van der Waals surface area contributed by atoms with Gasteiger partial charge in [0.1, 0.15) is 6.61 Å². The Bertz CT molecular complexity index is 217. The lowest BCUT2D eigenvalue weighted by atomic mass is 10.4. The average Bonchev–Trinajstić information content (AvgIpc) is 2.01. The number of allylic oxidation sites excluding steroid dienone is 2. The molecule has 0 bridgehead atoms. The minimum atomic E-state index is -0.309. The summed E-state index contributed by atoms with van der Waals surface area (Å²) in [5.74, 6) is -0.309. The molecule has 0 atom stereocenters. The van der Waals surface area contributed by atoms with Gasteiger partial charge in [-0.15, -0.1) is 0 Å². The third-order valence-electron chi connectivity index (χ3n) is 1.03. The van der Waals surface area contributed by atoms with E-state index in [0.717, 1.165) is 0 Å². The molecule has 0 saturated heterocycles. The summed E-state index contributed by atoms with van der Waals surface area (Å²) in [4.78, 5) is 14.4. The molecule has 0 spiro atoms. The third-order valence-corrected chi connectivity index (χ3v) is 1.03. The standard InChI is InChI=1S/C9H13NO2/c1-4-6-9(10-5-2)7-12-8(3)11/h4-6H,1,7H2,2-3H3/b9-6-,10-5?. The summed E-state index contributed by atoms with van der Waals surface area (Å²) in [6.45, 7) is 6.88. The Hall–Kier alpha value is -1.38. The molecule has 0 aliphatic rings. The van der Waals surface area contributed by atoms with E-state index in [1.165, 1.54) is 6.92 Å². The van der Waals surface area contributed by atoms with Gasteiger partial charge in [0.15, 0.2) is 0 Å². The molecule has 0 radical (unpaired) electrons. The van der Waals surface area contributed by atoms with Crippen molar-refractivity contribution in [2.24, 2.45) is 4.99 Å². The van der Waals surface area contributed by atoms with Gasteiger partial charge in [0.05, 0.1) is 5.70 Å². The number of hydrogen-bond acceptors (Lipinski definition) is 3. The number of hydrogen-bond donors (Lipinski definition) is 0. The highest BCUT2D eigenvalue weighted by Gasteiger charge is 1.95. The van der Waals surface area contributed by atoms with Crippen molar-refractivity contribution >= 4 is 12.2 Å². The molecule has 12 heavy (non-hydrogen) atoms. The Kier molecular flexibility index (Phi) is 5.61. The van der Waals surface area contributed by atoms with E-state index < -0.39 is 0 Å². The molecule has 0 rings (SSSR count). The molecule has 0 aromatic rings. The molecule has 3 heteroatoms. The molecule has 0 amide bonds. The lowest BCUT2D eigenvalue weighted by molar-refractivity contribution is -0.139. The van der Waals surface area contributed by atoms with E-state index in [9.17, 15) is 4.79 Å². The van der Waals surface area contributed by atoms with Crippen molar-refractivity contribution in [2.45, 2.75) is 13.8 Å². The Morgan fingerprint density at radius 3 is 2.75 bits per heavy atom. The van der Waals surface area contributed by atoms with Gasteiger partial charge in [0.25, 0.3) is 0 Å². The molecule has 0 aromatic heterocycles. The van der Waals surface area contributed by atoms with Crippen molar-refractivity contribution < 1.29 is 9.53 Å². The maximum absolute atomic E-state index is 10.4. The first kappa shape index (κ1) is 10.6. The number of esters is 1. The van der Waals surface area contributed by atoms with Crippen LogP contribution in [-0.4, -0.2) is 18.8 Å². The van der Waals surface area contributed by atoms with Gasteiger partial charge in [-0.05, 0) is 13.0 Å². The van der Waals surface area contributed by atoms with Crippen LogP contribution in [0.4, 0.5) is 0 Å². The van der Waals surface area contributed by atoms with E-state index in [-0.39, 0.29) is 12.6 Å². The Labute approximate surface area is 72.4 Å². The second-order valence-electron chi connectivity index (χ2n) is 2.06. The van der Waals surface area contributed by atoms with Gasteiger partial charge in [-0.3, -0.25) is 9.79 Å². The maximum atomic E-state index is 10.4. The van der Waals surface area contributed by atoms with Crippen molar-refractivity contribution in [3.8, 4) is 0 Å². The fraction of sp³-hybridized carbons (Fsp3) is 0.333. The van der Waals surface area contributed by atoms with Crippen LogP contribution >= 0.6 is 0 Å². The molecule has 0 aliphatic carbocycles. The number of carbonyl (C=O) groups excluding carboxylic acids is 1. The maximum Gasteiger partial charge on any atom is 0.303 e. The lowest BCUT2D eigenvalue weighted by Gasteiger charge is -2.00. The predicted octanol–water partition coefficient (Wildman–Crippen LogP) is 1.71. The molecular weight excluding hydrogens is 154 g/mol. The monoisotopic (exact) mass is 167 g/mol. The first-order valence-corrected chi connectivity index (χ1v) is 3.64. The zero-order valence-electron chi connectivity index (χ0n) is 7.41. The summed E-state index contributed by atoms with van der Waals surface area (Å²) in [5.41, 5.74) is 0.683. The molecule has 66 valence electrons. The highest BCUT2D eigenvalue weighted by atomic mass is 16.5.